The molecule has 0 spiro atoms. The summed E-state index contributed by atoms with van der Waals surface area (Å²) in [6, 6.07) is 15.1. The van der Waals surface area contributed by atoms with E-state index in [1.165, 1.54) is 0 Å². The van der Waals surface area contributed by atoms with Crippen LogP contribution in [0.5, 0.6) is 5.75 Å². The van der Waals surface area contributed by atoms with Crippen LogP contribution in [0, 0.1) is 6.92 Å². The second kappa shape index (κ2) is 9.08. The highest BCUT2D eigenvalue weighted by atomic mass is 16.5. The van der Waals surface area contributed by atoms with Gasteiger partial charge in [0.05, 0.1) is 5.69 Å². The molecule has 0 aliphatic carbocycles. The normalized spacial score (nSPS) is 10.7. The number of aryl methyl sites for hydroxylation is 1. The molecule has 0 bridgehead atoms. The SMILES string of the molecule is CCN(CC)CCOc1ccccc1NC(=O)c1ccccc1C. The molecular weight excluding hydrogens is 300 g/mol. The monoisotopic (exact) mass is 326 g/mol. The minimum atomic E-state index is -0.118. The lowest BCUT2D eigenvalue weighted by molar-refractivity contribution is 0.102. The lowest BCUT2D eigenvalue weighted by atomic mass is 10.1. The summed E-state index contributed by atoms with van der Waals surface area (Å²) in [7, 11) is 0. The van der Waals surface area contributed by atoms with Crippen molar-refractivity contribution in [2.75, 3.05) is 31.6 Å². The Morgan fingerprint density at radius 3 is 2.42 bits per heavy atom. The summed E-state index contributed by atoms with van der Waals surface area (Å²) in [6.07, 6.45) is 0. The third-order valence-corrected chi connectivity index (χ3v) is 4.08. The van der Waals surface area contributed by atoms with Gasteiger partial charge in [-0.1, -0.05) is 44.2 Å². The van der Waals surface area contributed by atoms with E-state index < -0.39 is 0 Å². The van der Waals surface area contributed by atoms with Crippen LogP contribution in [0.3, 0.4) is 0 Å². The number of amides is 1. The standard InChI is InChI=1S/C20H26N2O2/c1-4-22(5-2)14-15-24-19-13-9-8-12-18(19)21-20(23)17-11-7-6-10-16(17)3/h6-13H,4-5,14-15H2,1-3H3,(H,21,23). The molecule has 128 valence electrons. The molecule has 1 amide bonds. The molecule has 0 heterocycles. The van der Waals surface area contributed by atoms with Crippen molar-refractivity contribution in [2.24, 2.45) is 0 Å². The minimum absolute atomic E-state index is 0.118. The van der Waals surface area contributed by atoms with Gasteiger partial charge in [0.15, 0.2) is 0 Å². The van der Waals surface area contributed by atoms with E-state index >= 15 is 0 Å². The maximum Gasteiger partial charge on any atom is 0.256 e. The number of para-hydroxylation sites is 2. The van der Waals surface area contributed by atoms with Gasteiger partial charge >= 0.3 is 0 Å². The summed E-state index contributed by atoms with van der Waals surface area (Å²) in [5.41, 5.74) is 2.33. The van der Waals surface area contributed by atoms with Crippen molar-refractivity contribution in [3.05, 3.63) is 59.7 Å². The number of ether oxygens (including phenoxy) is 1. The quantitative estimate of drug-likeness (QED) is 0.798. The second-order valence-corrected chi connectivity index (χ2v) is 5.64. The number of anilines is 1. The van der Waals surface area contributed by atoms with Crippen molar-refractivity contribution in [3.8, 4) is 5.75 Å². The van der Waals surface area contributed by atoms with E-state index in [1.807, 2.05) is 55.5 Å². The van der Waals surface area contributed by atoms with Gasteiger partial charge in [-0.25, -0.2) is 0 Å². The third-order valence-electron chi connectivity index (χ3n) is 4.08. The Kier molecular flexibility index (Phi) is 6.82. The number of carbonyl (C=O) groups is 1. The van der Waals surface area contributed by atoms with Crippen molar-refractivity contribution in [1.29, 1.82) is 0 Å². The number of carbonyl (C=O) groups excluding carboxylic acids is 1. The second-order valence-electron chi connectivity index (χ2n) is 5.64. The van der Waals surface area contributed by atoms with E-state index in [-0.39, 0.29) is 5.91 Å². The average Bonchev–Trinajstić information content (AvgIpc) is 2.60. The molecule has 0 fully saturated rings. The van der Waals surface area contributed by atoms with E-state index in [9.17, 15) is 4.79 Å². The third kappa shape index (κ3) is 4.83. The molecule has 1 N–H and O–H groups in total. The first-order valence-electron chi connectivity index (χ1n) is 8.46. The van der Waals surface area contributed by atoms with Crippen molar-refractivity contribution >= 4 is 11.6 Å². The van der Waals surface area contributed by atoms with Crippen LogP contribution in [-0.4, -0.2) is 37.0 Å². The van der Waals surface area contributed by atoms with E-state index in [0.717, 1.165) is 25.2 Å². The molecule has 0 atom stereocenters. The van der Waals surface area contributed by atoms with Gasteiger partial charge in [-0.3, -0.25) is 4.79 Å². The van der Waals surface area contributed by atoms with Crippen LogP contribution >= 0.6 is 0 Å². The average molecular weight is 326 g/mol. The molecule has 2 aromatic rings. The van der Waals surface area contributed by atoms with Crippen molar-refractivity contribution < 1.29 is 9.53 Å². The van der Waals surface area contributed by atoms with Gasteiger partial charge in [-0.05, 0) is 43.8 Å². The molecule has 0 unspecified atom stereocenters. The first-order chi connectivity index (χ1) is 11.7. The van der Waals surface area contributed by atoms with Crippen molar-refractivity contribution in [3.63, 3.8) is 0 Å². The lowest BCUT2D eigenvalue weighted by Crippen LogP contribution is -2.28. The van der Waals surface area contributed by atoms with Gasteiger partial charge < -0.3 is 15.0 Å². The molecular formula is C20H26N2O2. The molecule has 4 nitrogen and oxygen atoms in total. The fraction of sp³-hybridized carbons (Fsp3) is 0.350. The van der Waals surface area contributed by atoms with Gasteiger partial charge in [0, 0.05) is 12.1 Å². The minimum Gasteiger partial charge on any atom is -0.490 e. The van der Waals surface area contributed by atoms with Crippen LogP contribution < -0.4 is 10.1 Å². The van der Waals surface area contributed by atoms with Gasteiger partial charge in [0.25, 0.3) is 5.91 Å². The largest absolute Gasteiger partial charge is 0.490 e. The van der Waals surface area contributed by atoms with Crippen LogP contribution in [0.15, 0.2) is 48.5 Å². The molecule has 0 aliphatic heterocycles. The Balaban J connectivity index is 2.03. The molecule has 0 saturated heterocycles. The maximum atomic E-state index is 12.5. The van der Waals surface area contributed by atoms with Crippen molar-refractivity contribution in [2.45, 2.75) is 20.8 Å². The highest BCUT2D eigenvalue weighted by Crippen LogP contribution is 2.24. The van der Waals surface area contributed by atoms with E-state index in [4.69, 9.17) is 4.74 Å². The summed E-state index contributed by atoms with van der Waals surface area (Å²) in [5.74, 6) is 0.583. The number of rotatable bonds is 8. The number of hydrogen-bond acceptors (Lipinski definition) is 3. The molecule has 2 aromatic carbocycles. The zero-order valence-corrected chi connectivity index (χ0v) is 14.7. The Morgan fingerprint density at radius 2 is 1.71 bits per heavy atom. The van der Waals surface area contributed by atoms with Crippen LogP contribution in [0.1, 0.15) is 29.8 Å². The lowest BCUT2D eigenvalue weighted by Gasteiger charge is -2.19. The Bertz CT molecular complexity index is 666. The van der Waals surface area contributed by atoms with Crippen molar-refractivity contribution in [1.82, 2.24) is 4.90 Å². The maximum absolute atomic E-state index is 12.5. The van der Waals surface area contributed by atoms with Crippen LogP contribution in [-0.2, 0) is 0 Å². The van der Waals surface area contributed by atoms with Crippen LogP contribution in [0.2, 0.25) is 0 Å². The summed E-state index contributed by atoms with van der Waals surface area (Å²) < 4.78 is 5.88. The fourth-order valence-electron chi connectivity index (χ4n) is 2.54. The van der Waals surface area contributed by atoms with Gasteiger partial charge in [0.1, 0.15) is 12.4 Å². The molecule has 24 heavy (non-hydrogen) atoms. The van der Waals surface area contributed by atoms with Crippen LogP contribution in [0.25, 0.3) is 0 Å². The summed E-state index contributed by atoms with van der Waals surface area (Å²) in [5, 5.41) is 2.96. The summed E-state index contributed by atoms with van der Waals surface area (Å²) >= 11 is 0. The predicted octanol–water partition coefficient (Wildman–Crippen LogP) is 3.97. The topological polar surface area (TPSA) is 41.6 Å². The predicted molar refractivity (Wildman–Crippen MR) is 98.9 cm³/mol. The number of nitrogens with one attached hydrogen (secondary N) is 1. The number of likely N-dealkylation sites (N-methyl/N-ethyl adjacent to an activating group) is 1. The molecule has 0 aliphatic rings. The first kappa shape index (κ1) is 18.0. The number of hydrogen-bond donors (Lipinski definition) is 1. The Morgan fingerprint density at radius 1 is 1.04 bits per heavy atom. The van der Waals surface area contributed by atoms with Gasteiger partial charge in [0.2, 0.25) is 0 Å². The fourth-order valence-corrected chi connectivity index (χ4v) is 2.54. The zero-order chi connectivity index (χ0) is 17.4. The summed E-state index contributed by atoms with van der Waals surface area (Å²) in [4.78, 5) is 14.8. The van der Waals surface area contributed by atoms with Gasteiger partial charge in [-0.2, -0.15) is 0 Å². The summed E-state index contributed by atoms with van der Waals surface area (Å²) in [6.45, 7) is 9.68. The van der Waals surface area contributed by atoms with E-state index in [0.29, 0.717) is 23.6 Å². The molecule has 0 aromatic heterocycles. The Hall–Kier alpha value is -2.33. The van der Waals surface area contributed by atoms with Crippen LogP contribution in [0.4, 0.5) is 5.69 Å². The molecule has 4 heteroatoms. The van der Waals surface area contributed by atoms with E-state index in [1.54, 1.807) is 0 Å². The first-order valence-corrected chi connectivity index (χ1v) is 8.46. The van der Waals surface area contributed by atoms with Gasteiger partial charge in [-0.15, -0.1) is 0 Å². The Labute approximate surface area is 144 Å². The number of benzene rings is 2. The highest BCUT2D eigenvalue weighted by molar-refractivity contribution is 6.05. The number of nitrogens with zero attached hydrogens (tertiary/aromatic N) is 1. The molecule has 0 radical (unpaired) electrons. The molecule has 0 saturated carbocycles. The highest BCUT2D eigenvalue weighted by Gasteiger charge is 2.11. The van der Waals surface area contributed by atoms with E-state index in [2.05, 4.69) is 24.1 Å². The smallest absolute Gasteiger partial charge is 0.256 e. The molecule has 2 rings (SSSR count). The zero-order valence-electron chi connectivity index (χ0n) is 14.7.